The maximum Gasteiger partial charge on any atom is 0.227 e. The van der Waals surface area contributed by atoms with Crippen molar-refractivity contribution in [3.8, 4) is 0 Å². The van der Waals surface area contributed by atoms with Crippen LogP contribution in [0.2, 0.25) is 0 Å². The van der Waals surface area contributed by atoms with Gasteiger partial charge in [-0.15, -0.1) is 0 Å². The summed E-state index contributed by atoms with van der Waals surface area (Å²) in [6.45, 7) is 5.75. The molecule has 0 spiro atoms. The predicted octanol–water partition coefficient (Wildman–Crippen LogP) is 2.32. The van der Waals surface area contributed by atoms with Crippen molar-refractivity contribution in [3.05, 3.63) is 47.2 Å². The Hall–Kier alpha value is -2.14. The summed E-state index contributed by atoms with van der Waals surface area (Å²) in [4.78, 5) is 13.8. The zero-order valence-corrected chi connectivity index (χ0v) is 14.2. The molecule has 2 aromatic rings. The first-order valence-corrected chi connectivity index (χ1v) is 8.18. The fraction of sp³-hybridized carbons (Fsp3) is 0.444. The van der Waals surface area contributed by atoms with Gasteiger partial charge in [0.15, 0.2) is 0 Å². The second-order valence-corrected chi connectivity index (χ2v) is 6.36. The highest BCUT2D eigenvalue weighted by atomic mass is 15.3. The Morgan fingerprint density at radius 1 is 1.17 bits per heavy atom. The average molecular weight is 311 g/mol. The first kappa shape index (κ1) is 15.7. The van der Waals surface area contributed by atoms with Crippen LogP contribution in [-0.2, 0) is 13.0 Å². The lowest BCUT2D eigenvalue weighted by atomic mass is 10.0. The van der Waals surface area contributed by atoms with Gasteiger partial charge in [-0.25, -0.2) is 4.98 Å². The molecule has 0 saturated carbocycles. The minimum absolute atomic E-state index is 0.826. The number of aromatic nitrogens is 2. The summed E-state index contributed by atoms with van der Waals surface area (Å²) in [5.41, 5.74) is 3.83. The SMILES string of the molecule is Cc1cc(NCCN(C)C)nc(N2CCc3ccccc3C2)n1. The molecular formula is C18H25N5. The summed E-state index contributed by atoms with van der Waals surface area (Å²) < 4.78 is 0. The molecule has 1 aromatic heterocycles. The van der Waals surface area contributed by atoms with E-state index in [9.17, 15) is 0 Å². The number of nitrogens with zero attached hydrogens (tertiary/aromatic N) is 4. The van der Waals surface area contributed by atoms with Gasteiger partial charge in [-0.05, 0) is 38.6 Å². The van der Waals surface area contributed by atoms with E-state index in [2.05, 4.69) is 58.5 Å². The Balaban J connectivity index is 1.74. The smallest absolute Gasteiger partial charge is 0.227 e. The van der Waals surface area contributed by atoms with E-state index in [0.717, 1.165) is 50.1 Å². The lowest BCUT2D eigenvalue weighted by molar-refractivity contribution is 0.425. The fourth-order valence-electron chi connectivity index (χ4n) is 2.86. The summed E-state index contributed by atoms with van der Waals surface area (Å²) in [5, 5.41) is 3.40. The van der Waals surface area contributed by atoms with Crippen molar-refractivity contribution < 1.29 is 0 Å². The van der Waals surface area contributed by atoms with E-state index in [0.29, 0.717) is 0 Å². The maximum atomic E-state index is 4.71. The van der Waals surface area contributed by atoms with Crippen molar-refractivity contribution >= 4 is 11.8 Å². The summed E-state index contributed by atoms with van der Waals surface area (Å²) in [6.07, 6.45) is 1.05. The summed E-state index contributed by atoms with van der Waals surface area (Å²) >= 11 is 0. The molecule has 0 aliphatic carbocycles. The van der Waals surface area contributed by atoms with Gasteiger partial charge in [0.2, 0.25) is 5.95 Å². The number of anilines is 2. The van der Waals surface area contributed by atoms with E-state index < -0.39 is 0 Å². The molecule has 0 radical (unpaired) electrons. The lowest BCUT2D eigenvalue weighted by Crippen LogP contribution is -2.32. The number of hydrogen-bond acceptors (Lipinski definition) is 5. The molecule has 2 heterocycles. The predicted molar refractivity (Wildman–Crippen MR) is 95.0 cm³/mol. The van der Waals surface area contributed by atoms with Crippen molar-refractivity contribution in [2.75, 3.05) is 43.9 Å². The number of nitrogens with one attached hydrogen (secondary N) is 1. The van der Waals surface area contributed by atoms with Gasteiger partial charge in [0, 0.05) is 37.9 Å². The lowest BCUT2D eigenvalue weighted by Gasteiger charge is -2.29. The van der Waals surface area contributed by atoms with E-state index in [1.54, 1.807) is 0 Å². The Morgan fingerprint density at radius 2 is 1.96 bits per heavy atom. The van der Waals surface area contributed by atoms with Crippen LogP contribution in [0.25, 0.3) is 0 Å². The number of rotatable bonds is 5. The van der Waals surface area contributed by atoms with Crippen LogP contribution in [0.3, 0.4) is 0 Å². The van der Waals surface area contributed by atoms with E-state index in [-0.39, 0.29) is 0 Å². The largest absolute Gasteiger partial charge is 0.369 e. The van der Waals surface area contributed by atoms with Gasteiger partial charge >= 0.3 is 0 Å². The number of likely N-dealkylation sites (N-methyl/N-ethyl adjacent to an activating group) is 1. The van der Waals surface area contributed by atoms with Gasteiger partial charge in [-0.3, -0.25) is 0 Å². The molecule has 1 aliphatic heterocycles. The zero-order valence-electron chi connectivity index (χ0n) is 14.2. The Labute approximate surface area is 138 Å². The van der Waals surface area contributed by atoms with Crippen molar-refractivity contribution in [2.45, 2.75) is 19.9 Å². The molecule has 23 heavy (non-hydrogen) atoms. The molecule has 1 aromatic carbocycles. The third kappa shape index (κ3) is 3.99. The van der Waals surface area contributed by atoms with Gasteiger partial charge < -0.3 is 15.1 Å². The van der Waals surface area contributed by atoms with Crippen LogP contribution < -0.4 is 10.2 Å². The molecule has 0 unspecified atom stereocenters. The Kier molecular flexibility index (Phi) is 4.76. The van der Waals surface area contributed by atoms with Gasteiger partial charge in [0.25, 0.3) is 0 Å². The van der Waals surface area contributed by atoms with Crippen LogP contribution >= 0.6 is 0 Å². The maximum absolute atomic E-state index is 4.71. The molecule has 0 fully saturated rings. The highest BCUT2D eigenvalue weighted by Crippen LogP contribution is 2.23. The molecule has 0 bridgehead atoms. The monoisotopic (exact) mass is 311 g/mol. The topological polar surface area (TPSA) is 44.3 Å². The first-order valence-electron chi connectivity index (χ1n) is 8.18. The van der Waals surface area contributed by atoms with Crippen LogP contribution in [-0.4, -0.2) is 48.6 Å². The molecule has 5 nitrogen and oxygen atoms in total. The van der Waals surface area contributed by atoms with E-state index in [1.807, 2.05) is 13.0 Å². The van der Waals surface area contributed by atoms with Crippen LogP contribution in [0.1, 0.15) is 16.8 Å². The van der Waals surface area contributed by atoms with Crippen LogP contribution in [0.5, 0.6) is 0 Å². The normalized spacial score (nSPS) is 14.0. The van der Waals surface area contributed by atoms with Crippen LogP contribution in [0, 0.1) is 6.92 Å². The molecule has 122 valence electrons. The van der Waals surface area contributed by atoms with Gasteiger partial charge in [0.05, 0.1) is 0 Å². The van der Waals surface area contributed by atoms with Crippen molar-refractivity contribution in [3.63, 3.8) is 0 Å². The van der Waals surface area contributed by atoms with Gasteiger partial charge in [0.1, 0.15) is 5.82 Å². The summed E-state index contributed by atoms with van der Waals surface area (Å²) in [7, 11) is 4.15. The molecule has 5 heteroatoms. The number of hydrogen-bond donors (Lipinski definition) is 1. The minimum atomic E-state index is 0.826. The molecule has 1 N–H and O–H groups in total. The van der Waals surface area contributed by atoms with E-state index in [4.69, 9.17) is 4.98 Å². The summed E-state index contributed by atoms with van der Waals surface area (Å²) in [5.74, 6) is 1.74. The van der Waals surface area contributed by atoms with Crippen molar-refractivity contribution in [1.82, 2.24) is 14.9 Å². The van der Waals surface area contributed by atoms with Crippen molar-refractivity contribution in [2.24, 2.45) is 0 Å². The van der Waals surface area contributed by atoms with E-state index >= 15 is 0 Å². The average Bonchev–Trinajstić information content (AvgIpc) is 2.53. The molecule has 3 rings (SSSR count). The highest BCUT2D eigenvalue weighted by Gasteiger charge is 2.18. The quantitative estimate of drug-likeness (QED) is 0.918. The standard InChI is InChI=1S/C18H25N5/c1-14-12-17(19-9-11-22(2)3)21-18(20-14)23-10-8-15-6-4-5-7-16(15)13-23/h4-7,12H,8-11,13H2,1-3H3,(H,19,20,21). The van der Waals surface area contributed by atoms with Crippen LogP contribution in [0.4, 0.5) is 11.8 Å². The van der Waals surface area contributed by atoms with E-state index in [1.165, 1.54) is 11.1 Å². The molecule has 0 saturated heterocycles. The molecular weight excluding hydrogens is 286 g/mol. The fourth-order valence-corrected chi connectivity index (χ4v) is 2.86. The number of fused-ring (bicyclic) bond motifs is 1. The zero-order chi connectivity index (χ0) is 16.2. The second-order valence-electron chi connectivity index (χ2n) is 6.36. The third-order valence-corrected chi connectivity index (χ3v) is 4.12. The Morgan fingerprint density at radius 3 is 2.74 bits per heavy atom. The van der Waals surface area contributed by atoms with Crippen LogP contribution in [0.15, 0.2) is 30.3 Å². The van der Waals surface area contributed by atoms with Crippen molar-refractivity contribution in [1.29, 1.82) is 0 Å². The molecule has 0 atom stereocenters. The highest BCUT2D eigenvalue weighted by molar-refractivity contribution is 5.46. The third-order valence-electron chi connectivity index (χ3n) is 4.12. The number of aryl methyl sites for hydroxylation is 1. The van der Waals surface area contributed by atoms with Gasteiger partial charge in [-0.2, -0.15) is 4.98 Å². The minimum Gasteiger partial charge on any atom is -0.369 e. The molecule has 0 amide bonds. The second kappa shape index (κ2) is 6.96. The number of benzene rings is 1. The first-order chi connectivity index (χ1) is 11.1. The van der Waals surface area contributed by atoms with Gasteiger partial charge in [-0.1, -0.05) is 24.3 Å². The molecule has 1 aliphatic rings. The summed E-state index contributed by atoms with van der Waals surface area (Å²) in [6, 6.07) is 10.7. The Bertz CT molecular complexity index is 668.